The van der Waals surface area contributed by atoms with Crippen molar-refractivity contribution in [3.8, 4) is 0 Å². The van der Waals surface area contributed by atoms with E-state index in [0.717, 1.165) is 24.8 Å². The summed E-state index contributed by atoms with van der Waals surface area (Å²) in [4.78, 5) is 26.2. The predicted molar refractivity (Wildman–Crippen MR) is 121 cm³/mol. The number of benzene rings is 1. The molecule has 3 rings (SSSR count). The summed E-state index contributed by atoms with van der Waals surface area (Å²) in [5.74, 6) is -0.635. The molecule has 0 bridgehead atoms. The van der Waals surface area contributed by atoms with Crippen LogP contribution in [0.3, 0.4) is 0 Å². The van der Waals surface area contributed by atoms with Crippen molar-refractivity contribution in [1.82, 2.24) is 5.32 Å². The number of allylic oxidation sites excluding steroid dienone is 1. The van der Waals surface area contributed by atoms with E-state index in [2.05, 4.69) is 27.3 Å². The topological polar surface area (TPSA) is 83.6 Å². The number of fused-ring (bicyclic) bond motifs is 1. The Morgan fingerprint density at radius 2 is 2.00 bits per heavy atom. The normalized spacial score (nSPS) is 16.2. The predicted octanol–water partition coefficient (Wildman–Crippen LogP) is 3.92. The van der Waals surface area contributed by atoms with Gasteiger partial charge in [-0.15, -0.1) is 0 Å². The third kappa shape index (κ3) is 5.52. The fraction of sp³-hybridized carbons (Fsp3) is 0.545. The number of halogens is 1. The Bertz CT molecular complexity index is 956. The highest BCUT2D eigenvalue weighted by atomic mass is 79.9. The van der Waals surface area contributed by atoms with Crippen LogP contribution in [0.25, 0.3) is 0 Å². The molecule has 1 aliphatic heterocycles. The van der Waals surface area contributed by atoms with E-state index in [1.54, 1.807) is 17.9 Å². The molecule has 0 aromatic heterocycles. The average Bonchev–Trinajstić information content (AvgIpc) is 3.15. The van der Waals surface area contributed by atoms with Crippen molar-refractivity contribution in [3.63, 3.8) is 0 Å². The Morgan fingerprint density at radius 1 is 1.20 bits per heavy atom. The molecule has 1 aliphatic carbocycles. The van der Waals surface area contributed by atoms with Crippen LogP contribution < -0.4 is 10.2 Å². The number of hydrogen-bond donors (Lipinski definition) is 1. The number of sulfone groups is 1. The monoisotopic (exact) mass is 496 g/mol. The van der Waals surface area contributed by atoms with Gasteiger partial charge in [0.05, 0.1) is 16.3 Å². The second-order valence-electron chi connectivity index (χ2n) is 7.84. The first-order chi connectivity index (χ1) is 14.3. The third-order valence-electron chi connectivity index (χ3n) is 5.68. The molecule has 0 radical (unpaired) electrons. The molecule has 1 N–H and O–H groups in total. The fourth-order valence-electron chi connectivity index (χ4n) is 4.07. The van der Waals surface area contributed by atoms with E-state index in [-0.39, 0.29) is 28.9 Å². The van der Waals surface area contributed by atoms with Crippen LogP contribution in [0.5, 0.6) is 0 Å². The van der Waals surface area contributed by atoms with Crippen LogP contribution in [-0.2, 0) is 25.8 Å². The highest BCUT2D eigenvalue weighted by Crippen LogP contribution is 2.38. The van der Waals surface area contributed by atoms with Crippen molar-refractivity contribution in [3.05, 3.63) is 33.8 Å². The van der Waals surface area contributed by atoms with Gasteiger partial charge in [-0.05, 0) is 56.2 Å². The van der Waals surface area contributed by atoms with Crippen molar-refractivity contribution < 1.29 is 18.0 Å². The number of anilines is 1. The van der Waals surface area contributed by atoms with E-state index in [9.17, 15) is 18.0 Å². The van der Waals surface area contributed by atoms with E-state index in [1.165, 1.54) is 18.4 Å². The third-order valence-corrected chi connectivity index (χ3v) is 7.86. The SMILES string of the molecule is CCC(=O)N1CCc2cc(Br)cc(S(=O)(=O)CCC(=O)NCCC3=CCCCC3)c21. The zero-order valence-electron chi connectivity index (χ0n) is 17.4. The average molecular weight is 497 g/mol. The molecule has 8 heteroatoms. The maximum atomic E-state index is 13.1. The van der Waals surface area contributed by atoms with Gasteiger partial charge in [0.1, 0.15) is 0 Å². The minimum atomic E-state index is -3.72. The van der Waals surface area contributed by atoms with Gasteiger partial charge in [-0.25, -0.2) is 8.42 Å². The highest BCUT2D eigenvalue weighted by Gasteiger charge is 2.32. The van der Waals surface area contributed by atoms with E-state index in [0.29, 0.717) is 36.1 Å². The Morgan fingerprint density at radius 3 is 2.70 bits per heavy atom. The van der Waals surface area contributed by atoms with Crippen LogP contribution in [0.15, 0.2) is 33.2 Å². The van der Waals surface area contributed by atoms with Crippen molar-refractivity contribution in [1.29, 1.82) is 0 Å². The summed E-state index contributed by atoms with van der Waals surface area (Å²) in [6.07, 6.45) is 8.54. The summed E-state index contributed by atoms with van der Waals surface area (Å²) in [6.45, 7) is 2.79. The molecule has 2 amide bonds. The van der Waals surface area contributed by atoms with Crippen molar-refractivity contribution >= 4 is 43.3 Å². The van der Waals surface area contributed by atoms with E-state index < -0.39 is 9.84 Å². The molecule has 164 valence electrons. The van der Waals surface area contributed by atoms with Crippen LogP contribution in [-0.4, -0.2) is 39.1 Å². The molecule has 0 saturated carbocycles. The van der Waals surface area contributed by atoms with Gasteiger partial charge < -0.3 is 10.2 Å². The number of amides is 2. The maximum absolute atomic E-state index is 13.1. The van der Waals surface area contributed by atoms with E-state index in [4.69, 9.17) is 0 Å². The van der Waals surface area contributed by atoms with Crippen LogP contribution in [0.2, 0.25) is 0 Å². The first-order valence-electron chi connectivity index (χ1n) is 10.6. The lowest BCUT2D eigenvalue weighted by molar-refractivity contribution is -0.120. The lowest BCUT2D eigenvalue weighted by Crippen LogP contribution is -2.30. The Labute approximate surface area is 187 Å². The molecule has 0 atom stereocenters. The molecular formula is C22H29BrN2O4S. The highest BCUT2D eigenvalue weighted by molar-refractivity contribution is 9.10. The molecule has 1 aromatic rings. The largest absolute Gasteiger partial charge is 0.356 e. The van der Waals surface area contributed by atoms with Crippen LogP contribution in [0.1, 0.15) is 57.4 Å². The lowest BCUT2D eigenvalue weighted by atomic mass is 9.97. The Hall–Kier alpha value is -1.67. The van der Waals surface area contributed by atoms with Gasteiger partial charge in [0, 0.05) is 30.4 Å². The van der Waals surface area contributed by atoms with Crippen LogP contribution in [0, 0.1) is 0 Å². The fourth-order valence-corrected chi connectivity index (χ4v) is 6.24. The quantitative estimate of drug-likeness (QED) is 0.552. The molecule has 0 unspecified atom stereocenters. The number of carbonyl (C=O) groups excluding carboxylic acids is 2. The summed E-state index contributed by atoms with van der Waals surface area (Å²) >= 11 is 3.38. The van der Waals surface area contributed by atoms with Gasteiger partial charge in [-0.3, -0.25) is 9.59 Å². The van der Waals surface area contributed by atoms with Gasteiger partial charge in [0.25, 0.3) is 0 Å². The van der Waals surface area contributed by atoms with E-state index >= 15 is 0 Å². The minimum absolute atomic E-state index is 0.0929. The molecule has 0 fully saturated rings. The first kappa shape index (κ1) is 23.0. The first-order valence-corrected chi connectivity index (χ1v) is 13.1. The maximum Gasteiger partial charge on any atom is 0.226 e. The van der Waals surface area contributed by atoms with Gasteiger partial charge in [0.15, 0.2) is 9.84 Å². The number of hydrogen-bond acceptors (Lipinski definition) is 4. The van der Waals surface area contributed by atoms with Crippen molar-refractivity contribution in [2.75, 3.05) is 23.7 Å². The van der Waals surface area contributed by atoms with Crippen LogP contribution in [0.4, 0.5) is 5.69 Å². The smallest absolute Gasteiger partial charge is 0.226 e. The van der Waals surface area contributed by atoms with Crippen molar-refractivity contribution in [2.24, 2.45) is 0 Å². The Kier molecular flexibility index (Phi) is 7.74. The Balaban J connectivity index is 1.65. The molecule has 6 nitrogen and oxygen atoms in total. The zero-order valence-corrected chi connectivity index (χ0v) is 19.8. The molecule has 0 spiro atoms. The molecule has 1 aromatic carbocycles. The van der Waals surface area contributed by atoms with Crippen molar-refractivity contribution in [2.45, 2.75) is 63.2 Å². The van der Waals surface area contributed by atoms with Gasteiger partial charge in [0.2, 0.25) is 11.8 Å². The molecule has 2 aliphatic rings. The van der Waals surface area contributed by atoms with E-state index in [1.807, 2.05) is 6.07 Å². The molecule has 0 saturated heterocycles. The van der Waals surface area contributed by atoms with Gasteiger partial charge in [-0.2, -0.15) is 0 Å². The second kappa shape index (κ2) is 10.1. The summed E-state index contributed by atoms with van der Waals surface area (Å²) in [6, 6.07) is 3.41. The van der Waals surface area contributed by atoms with Gasteiger partial charge >= 0.3 is 0 Å². The summed E-state index contributed by atoms with van der Waals surface area (Å²) in [5, 5.41) is 2.84. The summed E-state index contributed by atoms with van der Waals surface area (Å²) in [5.41, 5.74) is 2.70. The number of carbonyl (C=O) groups is 2. The number of nitrogens with zero attached hydrogens (tertiary/aromatic N) is 1. The molecule has 1 heterocycles. The van der Waals surface area contributed by atoms with Gasteiger partial charge in [-0.1, -0.05) is 34.5 Å². The summed E-state index contributed by atoms with van der Waals surface area (Å²) < 4.78 is 26.8. The number of nitrogens with one attached hydrogen (secondary N) is 1. The summed E-state index contributed by atoms with van der Waals surface area (Å²) in [7, 11) is -3.72. The number of rotatable bonds is 8. The standard InChI is InChI=1S/C22H29BrN2O4S/c1-2-21(27)25-12-9-17-14-18(23)15-19(22(17)25)30(28,29)13-10-20(26)24-11-8-16-6-4-3-5-7-16/h6,14-15H,2-5,7-13H2,1H3,(H,24,26). The van der Waals surface area contributed by atoms with Crippen LogP contribution >= 0.6 is 15.9 Å². The lowest BCUT2D eigenvalue weighted by Gasteiger charge is -2.20. The minimum Gasteiger partial charge on any atom is -0.356 e. The zero-order chi connectivity index (χ0) is 21.7. The second-order valence-corrected chi connectivity index (χ2v) is 10.8. The molecular weight excluding hydrogens is 468 g/mol. The molecule has 30 heavy (non-hydrogen) atoms.